The molecule has 0 spiro atoms. The summed E-state index contributed by atoms with van der Waals surface area (Å²) in [6, 6.07) is 5.16. The third-order valence-electron chi connectivity index (χ3n) is 2.84. The van der Waals surface area contributed by atoms with Crippen LogP contribution in [0.3, 0.4) is 0 Å². The molecule has 3 nitrogen and oxygen atoms in total. The van der Waals surface area contributed by atoms with E-state index < -0.39 is 12.3 Å². The minimum atomic E-state index is -0.478. The molecule has 6 heteroatoms. The van der Waals surface area contributed by atoms with Crippen molar-refractivity contribution in [2.24, 2.45) is 0 Å². The summed E-state index contributed by atoms with van der Waals surface area (Å²) in [4.78, 5) is 11.8. The van der Waals surface area contributed by atoms with Crippen molar-refractivity contribution in [3.8, 4) is 0 Å². The van der Waals surface area contributed by atoms with Crippen molar-refractivity contribution >= 4 is 40.9 Å². The first-order valence-electron chi connectivity index (χ1n) is 6.10. The summed E-state index contributed by atoms with van der Waals surface area (Å²) in [6.07, 6.45) is -0.156. The van der Waals surface area contributed by atoms with Gasteiger partial charge in [0.1, 0.15) is 6.10 Å². The number of hydrogen-bond donors (Lipinski definition) is 1. The molecular weight excluding hydrogens is 305 g/mol. The van der Waals surface area contributed by atoms with Gasteiger partial charge in [0, 0.05) is 15.6 Å². The van der Waals surface area contributed by atoms with E-state index in [1.807, 2.05) is 0 Å². The van der Waals surface area contributed by atoms with Crippen LogP contribution in [0, 0.1) is 0 Å². The van der Waals surface area contributed by atoms with Gasteiger partial charge < -0.3 is 10.1 Å². The Labute approximate surface area is 127 Å². The Morgan fingerprint density at radius 1 is 1.42 bits per heavy atom. The minimum absolute atomic E-state index is 0.0762. The van der Waals surface area contributed by atoms with Gasteiger partial charge in [-0.15, -0.1) is 0 Å². The molecule has 0 radical (unpaired) electrons. The van der Waals surface area contributed by atoms with Crippen molar-refractivity contribution in [1.29, 1.82) is 0 Å². The Hall–Kier alpha value is -0.420. The van der Waals surface area contributed by atoms with Crippen LogP contribution in [0.15, 0.2) is 18.2 Å². The van der Waals surface area contributed by atoms with E-state index in [0.29, 0.717) is 16.5 Å². The second-order valence-electron chi connectivity index (χ2n) is 4.16. The molecule has 1 aromatic carbocycles. The number of amides is 1. The first kappa shape index (κ1) is 15.0. The van der Waals surface area contributed by atoms with E-state index in [2.05, 4.69) is 12.2 Å². The van der Waals surface area contributed by atoms with E-state index in [0.717, 1.165) is 17.1 Å². The Kier molecular flexibility index (Phi) is 5.39. The molecule has 1 N–H and O–H groups in total. The number of carbonyl (C=O) groups is 1. The molecule has 1 aromatic rings. The number of carbonyl (C=O) groups excluding carboxylic acids is 1. The Morgan fingerprint density at radius 3 is 2.89 bits per heavy atom. The van der Waals surface area contributed by atoms with Gasteiger partial charge in [-0.1, -0.05) is 36.2 Å². The van der Waals surface area contributed by atoms with Crippen LogP contribution in [0.5, 0.6) is 0 Å². The third-order valence-corrected chi connectivity index (χ3v) is 4.33. The van der Waals surface area contributed by atoms with Crippen molar-refractivity contribution in [1.82, 2.24) is 5.32 Å². The number of hydrogen-bond acceptors (Lipinski definition) is 3. The van der Waals surface area contributed by atoms with E-state index in [1.165, 1.54) is 0 Å². The average Bonchev–Trinajstić information content (AvgIpc) is 2.71. The maximum atomic E-state index is 11.8. The van der Waals surface area contributed by atoms with E-state index in [-0.39, 0.29) is 5.91 Å². The van der Waals surface area contributed by atoms with E-state index in [9.17, 15) is 4.79 Å². The second-order valence-corrected chi connectivity index (χ2v) is 6.40. The first-order chi connectivity index (χ1) is 9.11. The number of benzene rings is 1. The van der Waals surface area contributed by atoms with Crippen LogP contribution in [-0.4, -0.2) is 23.5 Å². The zero-order valence-electron chi connectivity index (χ0n) is 10.5. The molecule has 1 fully saturated rings. The zero-order chi connectivity index (χ0) is 13.8. The molecule has 0 aliphatic carbocycles. The van der Waals surface area contributed by atoms with Crippen LogP contribution in [0.2, 0.25) is 10.0 Å². The highest BCUT2D eigenvalue weighted by Crippen LogP contribution is 2.31. The second kappa shape index (κ2) is 6.84. The van der Waals surface area contributed by atoms with Gasteiger partial charge in [0.25, 0.3) is 5.91 Å². The van der Waals surface area contributed by atoms with Crippen LogP contribution >= 0.6 is 35.0 Å². The Bertz CT molecular complexity index is 470. The van der Waals surface area contributed by atoms with E-state index in [4.69, 9.17) is 27.9 Å². The van der Waals surface area contributed by atoms with Gasteiger partial charge >= 0.3 is 0 Å². The topological polar surface area (TPSA) is 38.3 Å². The lowest BCUT2D eigenvalue weighted by molar-refractivity contribution is -0.123. The summed E-state index contributed by atoms with van der Waals surface area (Å²) in [5.41, 5.74) is 0.741. The van der Waals surface area contributed by atoms with Gasteiger partial charge in [-0.2, -0.15) is 11.8 Å². The predicted molar refractivity (Wildman–Crippen MR) is 79.8 cm³/mol. The number of rotatable bonds is 5. The van der Waals surface area contributed by atoms with Crippen LogP contribution in [-0.2, 0) is 9.53 Å². The maximum Gasteiger partial charge on any atom is 0.251 e. The predicted octanol–water partition coefficient (Wildman–Crippen LogP) is 3.65. The maximum absolute atomic E-state index is 11.8. The molecule has 0 saturated carbocycles. The molecule has 1 aliphatic heterocycles. The summed E-state index contributed by atoms with van der Waals surface area (Å²) >= 11 is 13.8. The molecule has 2 rings (SSSR count). The van der Waals surface area contributed by atoms with E-state index >= 15 is 0 Å². The average molecular weight is 320 g/mol. The van der Waals surface area contributed by atoms with Crippen molar-refractivity contribution in [2.75, 3.05) is 11.5 Å². The fourth-order valence-electron chi connectivity index (χ4n) is 1.88. The minimum Gasteiger partial charge on any atom is -0.341 e. The quantitative estimate of drug-likeness (QED) is 0.842. The molecule has 0 aromatic heterocycles. The monoisotopic (exact) mass is 319 g/mol. The third kappa shape index (κ3) is 3.78. The molecule has 1 saturated heterocycles. The SMILES string of the molecule is CCSCCC1OC(c2ccc(Cl)cc2Cl)NC1=O. The highest BCUT2D eigenvalue weighted by molar-refractivity contribution is 7.99. The molecule has 0 bridgehead atoms. The van der Waals surface area contributed by atoms with Crippen molar-refractivity contribution in [3.63, 3.8) is 0 Å². The van der Waals surface area contributed by atoms with Crippen molar-refractivity contribution in [3.05, 3.63) is 33.8 Å². The van der Waals surface area contributed by atoms with Crippen molar-refractivity contribution in [2.45, 2.75) is 25.7 Å². The smallest absolute Gasteiger partial charge is 0.251 e. The Balaban J connectivity index is 2.01. The van der Waals surface area contributed by atoms with Crippen LogP contribution in [0.4, 0.5) is 0 Å². The molecule has 1 amide bonds. The van der Waals surface area contributed by atoms with E-state index in [1.54, 1.807) is 30.0 Å². The highest BCUT2D eigenvalue weighted by Gasteiger charge is 2.34. The van der Waals surface area contributed by atoms with Gasteiger partial charge in [0.2, 0.25) is 0 Å². The largest absolute Gasteiger partial charge is 0.341 e. The fourth-order valence-corrected chi connectivity index (χ4v) is 3.06. The molecule has 2 atom stereocenters. The number of thioether (sulfide) groups is 1. The van der Waals surface area contributed by atoms with Gasteiger partial charge in [-0.3, -0.25) is 4.79 Å². The number of halogens is 2. The zero-order valence-corrected chi connectivity index (χ0v) is 12.8. The molecule has 104 valence electrons. The summed E-state index contributed by atoms with van der Waals surface area (Å²) < 4.78 is 5.73. The van der Waals surface area contributed by atoms with Crippen molar-refractivity contribution < 1.29 is 9.53 Å². The number of ether oxygens (including phenoxy) is 1. The summed E-state index contributed by atoms with van der Waals surface area (Å²) in [5, 5.41) is 3.87. The van der Waals surface area contributed by atoms with Crippen LogP contribution < -0.4 is 5.32 Å². The lowest BCUT2D eigenvalue weighted by Crippen LogP contribution is -2.24. The molecule has 2 unspecified atom stereocenters. The number of nitrogens with one attached hydrogen (secondary N) is 1. The standard InChI is InChI=1S/C13H15Cl2NO2S/c1-2-19-6-5-11-12(17)16-13(18-11)9-4-3-8(14)7-10(9)15/h3-4,7,11,13H,2,5-6H2,1H3,(H,16,17). The molecule has 19 heavy (non-hydrogen) atoms. The van der Waals surface area contributed by atoms with Gasteiger partial charge in [0.05, 0.1) is 0 Å². The highest BCUT2D eigenvalue weighted by atomic mass is 35.5. The molecule has 1 aliphatic rings. The van der Waals surface area contributed by atoms with Gasteiger partial charge in [0.15, 0.2) is 6.23 Å². The molecule has 1 heterocycles. The summed E-state index contributed by atoms with van der Waals surface area (Å²) in [6.45, 7) is 2.09. The van der Waals surface area contributed by atoms with Crippen LogP contribution in [0.25, 0.3) is 0 Å². The van der Waals surface area contributed by atoms with Gasteiger partial charge in [-0.25, -0.2) is 0 Å². The normalized spacial score (nSPS) is 22.6. The fraction of sp³-hybridized carbons (Fsp3) is 0.462. The van der Waals surface area contributed by atoms with Crippen LogP contribution in [0.1, 0.15) is 25.1 Å². The molecular formula is C13H15Cl2NO2S. The lowest BCUT2D eigenvalue weighted by atomic mass is 10.2. The Morgan fingerprint density at radius 2 is 2.21 bits per heavy atom. The van der Waals surface area contributed by atoms with Gasteiger partial charge in [-0.05, 0) is 30.1 Å². The summed E-state index contributed by atoms with van der Waals surface area (Å²) in [5.74, 6) is 1.88. The lowest BCUT2D eigenvalue weighted by Gasteiger charge is -2.13. The summed E-state index contributed by atoms with van der Waals surface area (Å²) in [7, 11) is 0. The first-order valence-corrected chi connectivity index (χ1v) is 8.01.